The van der Waals surface area contributed by atoms with Crippen LogP contribution in [0.1, 0.15) is 54.9 Å². The van der Waals surface area contributed by atoms with Crippen LogP contribution in [0.15, 0.2) is 34.4 Å². The van der Waals surface area contributed by atoms with Crippen molar-refractivity contribution in [2.45, 2.75) is 54.9 Å². The van der Waals surface area contributed by atoms with E-state index >= 15 is 0 Å². The number of rotatable bonds is 1. The number of hydrogen-bond donors (Lipinski definition) is 0. The SMILES string of the molecule is CC(=O)C1=C(C)CC2C(=C1)C(C)(C)C=C(C)C2(C)C. The van der Waals surface area contributed by atoms with Crippen molar-refractivity contribution in [3.05, 3.63) is 34.4 Å². The Kier molecular flexibility index (Phi) is 3.16. The fourth-order valence-corrected chi connectivity index (χ4v) is 3.67. The van der Waals surface area contributed by atoms with E-state index in [1.807, 2.05) is 0 Å². The molecule has 0 radical (unpaired) electrons. The minimum Gasteiger partial charge on any atom is -0.295 e. The van der Waals surface area contributed by atoms with Gasteiger partial charge in [-0.15, -0.1) is 0 Å². The van der Waals surface area contributed by atoms with E-state index in [1.165, 1.54) is 16.7 Å². The van der Waals surface area contributed by atoms with Crippen LogP contribution >= 0.6 is 0 Å². The van der Waals surface area contributed by atoms with Gasteiger partial charge >= 0.3 is 0 Å². The molecule has 0 aliphatic heterocycles. The summed E-state index contributed by atoms with van der Waals surface area (Å²) in [5, 5.41) is 0. The molecule has 1 unspecified atom stereocenters. The Labute approximate surface area is 117 Å². The molecule has 0 bridgehead atoms. The first kappa shape index (κ1) is 14.3. The second kappa shape index (κ2) is 4.19. The molecular weight excluding hydrogens is 232 g/mol. The molecule has 0 saturated heterocycles. The first-order valence-electron chi connectivity index (χ1n) is 7.20. The highest BCUT2D eigenvalue weighted by Gasteiger charge is 2.44. The average Bonchev–Trinajstić information content (AvgIpc) is 2.25. The van der Waals surface area contributed by atoms with E-state index in [2.05, 4.69) is 53.7 Å². The summed E-state index contributed by atoms with van der Waals surface area (Å²) in [6, 6.07) is 0. The van der Waals surface area contributed by atoms with E-state index in [9.17, 15) is 4.79 Å². The minimum atomic E-state index is 0.0612. The molecule has 2 aliphatic rings. The van der Waals surface area contributed by atoms with Gasteiger partial charge in [0.1, 0.15) is 0 Å². The van der Waals surface area contributed by atoms with Crippen molar-refractivity contribution >= 4 is 5.78 Å². The topological polar surface area (TPSA) is 17.1 Å². The predicted octanol–water partition coefficient (Wildman–Crippen LogP) is 4.85. The second-order valence-corrected chi connectivity index (χ2v) is 7.38. The molecule has 104 valence electrons. The van der Waals surface area contributed by atoms with Crippen molar-refractivity contribution < 1.29 is 4.79 Å². The summed E-state index contributed by atoms with van der Waals surface area (Å²) >= 11 is 0. The van der Waals surface area contributed by atoms with Crippen LogP contribution in [-0.2, 0) is 4.79 Å². The highest BCUT2D eigenvalue weighted by molar-refractivity contribution is 5.97. The van der Waals surface area contributed by atoms with Gasteiger partial charge in [-0.25, -0.2) is 0 Å². The number of hydrogen-bond acceptors (Lipinski definition) is 1. The van der Waals surface area contributed by atoms with E-state index in [-0.39, 0.29) is 16.6 Å². The molecule has 19 heavy (non-hydrogen) atoms. The summed E-state index contributed by atoms with van der Waals surface area (Å²) in [5.41, 5.74) is 5.33. The Morgan fingerprint density at radius 2 is 1.79 bits per heavy atom. The number of Topliss-reactive ketones (excluding diaryl/α,β-unsaturated/α-hetero) is 1. The lowest BCUT2D eigenvalue weighted by Gasteiger charge is -2.49. The summed E-state index contributed by atoms with van der Waals surface area (Å²) in [7, 11) is 0. The van der Waals surface area contributed by atoms with Gasteiger partial charge in [0.2, 0.25) is 0 Å². The molecule has 0 saturated carbocycles. The zero-order chi connectivity index (χ0) is 14.6. The van der Waals surface area contributed by atoms with E-state index in [4.69, 9.17) is 0 Å². The Bertz CT molecular complexity index is 524. The van der Waals surface area contributed by atoms with E-state index in [0.29, 0.717) is 5.92 Å². The van der Waals surface area contributed by atoms with Gasteiger partial charge < -0.3 is 0 Å². The Hall–Kier alpha value is -1.11. The molecule has 0 heterocycles. The molecule has 0 aromatic rings. The number of carbonyl (C=O) groups is 1. The third kappa shape index (κ3) is 2.13. The Morgan fingerprint density at radius 1 is 1.21 bits per heavy atom. The Balaban J connectivity index is 2.62. The highest BCUT2D eigenvalue weighted by Crippen LogP contribution is 2.55. The zero-order valence-corrected chi connectivity index (χ0v) is 13.3. The predicted molar refractivity (Wildman–Crippen MR) is 80.9 cm³/mol. The maximum absolute atomic E-state index is 11.8. The fraction of sp³-hybridized carbons (Fsp3) is 0.611. The Morgan fingerprint density at radius 3 is 2.32 bits per heavy atom. The van der Waals surface area contributed by atoms with Crippen molar-refractivity contribution in [2.75, 3.05) is 0 Å². The van der Waals surface area contributed by atoms with Crippen LogP contribution in [0.4, 0.5) is 0 Å². The van der Waals surface area contributed by atoms with Crippen LogP contribution in [0.3, 0.4) is 0 Å². The molecule has 0 aromatic carbocycles. The maximum Gasteiger partial charge on any atom is 0.159 e. The van der Waals surface area contributed by atoms with Gasteiger partial charge in [0.25, 0.3) is 0 Å². The first-order chi connectivity index (χ1) is 8.57. The van der Waals surface area contributed by atoms with Gasteiger partial charge in [0, 0.05) is 11.0 Å². The molecule has 1 nitrogen and oxygen atoms in total. The largest absolute Gasteiger partial charge is 0.295 e. The van der Waals surface area contributed by atoms with Crippen molar-refractivity contribution in [1.82, 2.24) is 0 Å². The lowest BCUT2D eigenvalue weighted by molar-refractivity contribution is -0.113. The molecule has 0 fully saturated rings. The van der Waals surface area contributed by atoms with Gasteiger partial charge in [0.15, 0.2) is 5.78 Å². The molecule has 0 N–H and O–H groups in total. The number of carbonyl (C=O) groups excluding carboxylic acids is 1. The van der Waals surface area contributed by atoms with Crippen LogP contribution in [0, 0.1) is 16.7 Å². The molecule has 0 amide bonds. The highest BCUT2D eigenvalue weighted by atomic mass is 16.1. The minimum absolute atomic E-state index is 0.0612. The lowest BCUT2D eigenvalue weighted by Crippen LogP contribution is -2.39. The van der Waals surface area contributed by atoms with Crippen LogP contribution in [-0.4, -0.2) is 5.78 Å². The first-order valence-corrected chi connectivity index (χ1v) is 7.20. The van der Waals surface area contributed by atoms with Crippen molar-refractivity contribution in [3.8, 4) is 0 Å². The average molecular weight is 258 g/mol. The monoisotopic (exact) mass is 258 g/mol. The van der Waals surface area contributed by atoms with Gasteiger partial charge in [0.05, 0.1) is 0 Å². The third-order valence-corrected chi connectivity index (χ3v) is 5.23. The van der Waals surface area contributed by atoms with Crippen LogP contribution in [0.5, 0.6) is 0 Å². The van der Waals surface area contributed by atoms with Gasteiger partial charge in [-0.1, -0.05) is 56.6 Å². The fourth-order valence-electron chi connectivity index (χ4n) is 3.67. The van der Waals surface area contributed by atoms with Gasteiger partial charge in [-0.05, 0) is 38.5 Å². The second-order valence-electron chi connectivity index (χ2n) is 7.38. The van der Waals surface area contributed by atoms with Crippen LogP contribution in [0.25, 0.3) is 0 Å². The third-order valence-electron chi connectivity index (χ3n) is 5.23. The maximum atomic E-state index is 11.8. The quantitative estimate of drug-likeness (QED) is 0.614. The smallest absolute Gasteiger partial charge is 0.159 e. The number of allylic oxidation sites excluding steroid dienone is 6. The molecule has 2 rings (SSSR count). The zero-order valence-electron chi connectivity index (χ0n) is 13.3. The normalized spacial score (nSPS) is 28.5. The summed E-state index contributed by atoms with van der Waals surface area (Å²) < 4.78 is 0. The van der Waals surface area contributed by atoms with E-state index in [0.717, 1.165) is 12.0 Å². The van der Waals surface area contributed by atoms with Crippen LogP contribution in [0.2, 0.25) is 0 Å². The van der Waals surface area contributed by atoms with Gasteiger partial charge in [-0.2, -0.15) is 0 Å². The van der Waals surface area contributed by atoms with Crippen LogP contribution < -0.4 is 0 Å². The number of ketones is 1. The van der Waals surface area contributed by atoms with Gasteiger partial charge in [-0.3, -0.25) is 4.79 Å². The molecule has 0 aromatic heterocycles. The molecular formula is C18H26O. The molecule has 1 heteroatoms. The number of fused-ring (bicyclic) bond motifs is 1. The van der Waals surface area contributed by atoms with Crippen molar-refractivity contribution in [3.63, 3.8) is 0 Å². The molecule has 2 aliphatic carbocycles. The summed E-state index contributed by atoms with van der Waals surface area (Å²) in [6.45, 7) is 15.2. The lowest BCUT2D eigenvalue weighted by atomic mass is 9.55. The molecule has 0 spiro atoms. The molecule has 1 atom stereocenters. The van der Waals surface area contributed by atoms with Crippen molar-refractivity contribution in [2.24, 2.45) is 16.7 Å². The van der Waals surface area contributed by atoms with Crippen molar-refractivity contribution in [1.29, 1.82) is 0 Å². The summed E-state index contributed by atoms with van der Waals surface area (Å²) in [5.74, 6) is 0.721. The standard InChI is InChI=1S/C18H26O/c1-11-8-16-15(9-14(11)13(3)19)17(4,5)10-12(2)18(16,6)7/h9-10,16H,8H2,1-7H3. The van der Waals surface area contributed by atoms with E-state index < -0.39 is 0 Å². The van der Waals surface area contributed by atoms with E-state index in [1.54, 1.807) is 6.92 Å². The summed E-state index contributed by atoms with van der Waals surface area (Å²) in [4.78, 5) is 11.8. The summed E-state index contributed by atoms with van der Waals surface area (Å²) in [6.07, 6.45) is 5.58.